The van der Waals surface area contributed by atoms with Gasteiger partial charge in [-0.05, 0) is 69.2 Å². The van der Waals surface area contributed by atoms with Crippen LogP contribution in [-0.2, 0) is 14.8 Å². The Morgan fingerprint density at radius 2 is 1.89 bits per heavy atom. The highest BCUT2D eigenvalue weighted by Gasteiger charge is 2.21. The van der Waals surface area contributed by atoms with E-state index in [2.05, 4.69) is 53.4 Å². The van der Waals surface area contributed by atoms with Crippen molar-refractivity contribution in [1.29, 1.82) is 0 Å². The van der Waals surface area contributed by atoms with E-state index in [0.717, 1.165) is 27.7 Å². The zero-order chi connectivity index (χ0) is 25.1. The van der Waals surface area contributed by atoms with E-state index in [1.165, 1.54) is 40.8 Å². The Morgan fingerprint density at radius 3 is 2.63 bits per heavy atom. The highest BCUT2D eigenvalue weighted by molar-refractivity contribution is 8.00. The molecule has 3 aromatic heterocycles. The van der Waals surface area contributed by atoms with Gasteiger partial charge in [-0.3, -0.25) is 9.20 Å². The van der Waals surface area contributed by atoms with Crippen molar-refractivity contribution in [3.8, 4) is 0 Å². The summed E-state index contributed by atoms with van der Waals surface area (Å²) in [6.45, 7) is 7.99. The SMILES string of the molecule is Cc1cc(C)c2c(c1)c(C)cc1nnc(SC(C)C(=O)Nc3nc4ccc(S(N)(=O)=O)cc4s3)n12. The molecule has 9 nitrogen and oxygen atoms in total. The van der Waals surface area contributed by atoms with Crippen molar-refractivity contribution in [1.82, 2.24) is 19.6 Å². The number of aromatic nitrogens is 4. The molecule has 2 aromatic carbocycles. The Morgan fingerprint density at radius 1 is 1.11 bits per heavy atom. The third-order valence-electron chi connectivity index (χ3n) is 5.67. The van der Waals surface area contributed by atoms with Gasteiger partial charge in [0.05, 0.1) is 25.9 Å². The first-order valence-corrected chi connectivity index (χ1v) is 13.9. The number of carbonyl (C=O) groups is 1. The lowest BCUT2D eigenvalue weighted by molar-refractivity contribution is -0.115. The van der Waals surface area contributed by atoms with Gasteiger partial charge in [0.2, 0.25) is 15.9 Å². The van der Waals surface area contributed by atoms with Gasteiger partial charge in [-0.15, -0.1) is 10.2 Å². The zero-order valence-electron chi connectivity index (χ0n) is 19.4. The molecular weight excluding hydrogens is 504 g/mol. The molecule has 1 atom stereocenters. The third kappa shape index (κ3) is 4.38. The van der Waals surface area contributed by atoms with E-state index in [-0.39, 0.29) is 10.8 Å². The maximum absolute atomic E-state index is 13.0. The fraction of sp³-hybridized carbons (Fsp3) is 0.217. The van der Waals surface area contributed by atoms with Crippen LogP contribution in [0.25, 0.3) is 26.8 Å². The third-order valence-corrected chi connectivity index (χ3v) is 8.55. The van der Waals surface area contributed by atoms with Crippen LogP contribution in [0.5, 0.6) is 0 Å². The molecule has 5 rings (SSSR count). The van der Waals surface area contributed by atoms with Crippen molar-refractivity contribution in [2.45, 2.75) is 43.0 Å². The number of fused-ring (bicyclic) bond motifs is 4. The number of hydrogen-bond donors (Lipinski definition) is 2. The number of carbonyl (C=O) groups excluding carboxylic acids is 1. The molecule has 1 amide bonds. The standard InChI is InChI=1S/C23H22N6O3S3/c1-11-7-13(3)20-16(8-11)12(2)9-19-27-28-23(29(19)20)33-14(4)21(30)26-22-25-17-6-5-15(35(24,31)32)10-18(17)34-22/h5-10,14H,1-4H3,(H2,24,31,32)(H,25,26,30). The number of amides is 1. The maximum Gasteiger partial charge on any atom is 0.239 e. The number of benzene rings is 2. The highest BCUT2D eigenvalue weighted by Crippen LogP contribution is 2.32. The number of anilines is 1. The molecule has 3 N–H and O–H groups in total. The molecule has 5 aromatic rings. The van der Waals surface area contributed by atoms with Gasteiger partial charge in [-0.1, -0.05) is 34.7 Å². The number of primary sulfonamides is 1. The highest BCUT2D eigenvalue weighted by atomic mass is 32.2. The predicted octanol–water partition coefficient (Wildman–Crippen LogP) is 4.18. The summed E-state index contributed by atoms with van der Waals surface area (Å²) in [5.41, 5.74) is 5.75. The van der Waals surface area contributed by atoms with Crippen molar-refractivity contribution < 1.29 is 13.2 Å². The Hall–Kier alpha value is -3.06. The summed E-state index contributed by atoms with van der Waals surface area (Å²) >= 11 is 2.50. The second-order valence-corrected chi connectivity index (χ2v) is 12.3. The van der Waals surface area contributed by atoms with Crippen LogP contribution in [-0.4, -0.2) is 39.2 Å². The molecule has 0 fully saturated rings. The number of nitrogens with one attached hydrogen (secondary N) is 1. The lowest BCUT2D eigenvalue weighted by Crippen LogP contribution is -2.22. The molecule has 0 bridgehead atoms. The maximum atomic E-state index is 13.0. The summed E-state index contributed by atoms with van der Waals surface area (Å²) in [6.07, 6.45) is 0. The minimum absolute atomic E-state index is 0.00193. The van der Waals surface area contributed by atoms with Crippen molar-refractivity contribution >= 4 is 70.9 Å². The van der Waals surface area contributed by atoms with E-state index in [0.29, 0.717) is 20.5 Å². The number of thioether (sulfide) groups is 1. The largest absolute Gasteiger partial charge is 0.301 e. The fourth-order valence-corrected chi connectivity index (χ4v) is 6.43. The molecule has 0 radical (unpaired) electrons. The molecule has 0 aliphatic carbocycles. The zero-order valence-corrected chi connectivity index (χ0v) is 21.8. The molecule has 0 spiro atoms. The summed E-state index contributed by atoms with van der Waals surface area (Å²) in [5, 5.41) is 18.4. The molecule has 12 heteroatoms. The molecule has 0 aliphatic rings. The minimum atomic E-state index is -3.82. The topological polar surface area (TPSA) is 132 Å². The fourth-order valence-electron chi connectivity index (χ4n) is 4.04. The van der Waals surface area contributed by atoms with E-state index in [1.807, 2.05) is 10.5 Å². The Balaban J connectivity index is 1.43. The van der Waals surface area contributed by atoms with E-state index in [4.69, 9.17) is 5.14 Å². The van der Waals surface area contributed by atoms with Crippen molar-refractivity contribution in [3.63, 3.8) is 0 Å². The van der Waals surface area contributed by atoms with E-state index in [1.54, 1.807) is 13.0 Å². The van der Waals surface area contributed by atoms with Gasteiger partial charge in [-0.2, -0.15) is 0 Å². The summed E-state index contributed by atoms with van der Waals surface area (Å²) < 4.78 is 25.8. The average molecular weight is 527 g/mol. The quantitative estimate of drug-likeness (QED) is 0.328. The first-order chi connectivity index (χ1) is 16.5. The number of thiazole rings is 1. The van der Waals surface area contributed by atoms with E-state index >= 15 is 0 Å². The number of nitrogens with zero attached hydrogens (tertiary/aromatic N) is 4. The average Bonchev–Trinajstić information content (AvgIpc) is 3.35. The van der Waals surface area contributed by atoms with Crippen LogP contribution in [0.4, 0.5) is 5.13 Å². The minimum Gasteiger partial charge on any atom is -0.301 e. The lowest BCUT2D eigenvalue weighted by Gasteiger charge is -2.13. The predicted molar refractivity (Wildman–Crippen MR) is 140 cm³/mol. The number of nitrogens with two attached hydrogens (primary N) is 1. The van der Waals surface area contributed by atoms with Gasteiger partial charge in [0.1, 0.15) is 0 Å². The second kappa shape index (κ2) is 8.55. The van der Waals surface area contributed by atoms with Crippen molar-refractivity contribution in [2.75, 3.05) is 5.32 Å². The van der Waals surface area contributed by atoms with Crippen LogP contribution in [0, 0.1) is 20.8 Å². The molecule has 0 saturated carbocycles. The summed E-state index contributed by atoms with van der Waals surface area (Å²) in [4.78, 5) is 17.4. The normalized spacial score (nSPS) is 13.1. The van der Waals surface area contributed by atoms with Crippen LogP contribution in [0.2, 0.25) is 0 Å². The van der Waals surface area contributed by atoms with Crippen LogP contribution in [0.3, 0.4) is 0 Å². The summed E-state index contributed by atoms with van der Waals surface area (Å²) in [6, 6.07) is 10.7. The molecule has 35 heavy (non-hydrogen) atoms. The molecule has 180 valence electrons. The van der Waals surface area contributed by atoms with Gasteiger partial charge in [0, 0.05) is 5.39 Å². The molecular formula is C23H22N6O3S3. The molecule has 0 saturated heterocycles. The van der Waals surface area contributed by atoms with Crippen LogP contribution < -0.4 is 10.5 Å². The first kappa shape index (κ1) is 23.7. The van der Waals surface area contributed by atoms with E-state index in [9.17, 15) is 13.2 Å². The van der Waals surface area contributed by atoms with Crippen molar-refractivity contribution in [2.24, 2.45) is 5.14 Å². The Labute approximate surface area is 209 Å². The molecule has 0 aliphatic heterocycles. The first-order valence-electron chi connectivity index (χ1n) is 10.7. The van der Waals surface area contributed by atoms with Gasteiger partial charge in [0.15, 0.2) is 15.9 Å². The molecule has 1 unspecified atom stereocenters. The van der Waals surface area contributed by atoms with Crippen molar-refractivity contribution in [3.05, 3.63) is 53.1 Å². The van der Waals surface area contributed by atoms with Gasteiger partial charge in [-0.25, -0.2) is 18.5 Å². The second-order valence-electron chi connectivity index (χ2n) is 8.42. The summed E-state index contributed by atoms with van der Waals surface area (Å²) in [5.74, 6) is -0.249. The van der Waals surface area contributed by atoms with Gasteiger partial charge >= 0.3 is 0 Å². The van der Waals surface area contributed by atoms with Crippen LogP contribution >= 0.6 is 23.1 Å². The smallest absolute Gasteiger partial charge is 0.239 e. The number of aryl methyl sites for hydroxylation is 3. The number of hydrogen-bond acceptors (Lipinski definition) is 8. The van der Waals surface area contributed by atoms with Gasteiger partial charge in [0.25, 0.3) is 0 Å². The number of rotatable bonds is 5. The lowest BCUT2D eigenvalue weighted by atomic mass is 10.0. The Kier molecular flexibility index (Phi) is 5.79. The number of pyridine rings is 1. The monoisotopic (exact) mass is 526 g/mol. The van der Waals surface area contributed by atoms with Crippen LogP contribution in [0.15, 0.2) is 46.5 Å². The van der Waals surface area contributed by atoms with Gasteiger partial charge < -0.3 is 5.32 Å². The number of sulfonamides is 1. The molecule has 3 heterocycles. The Bertz CT molecular complexity index is 1760. The summed E-state index contributed by atoms with van der Waals surface area (Å²) in [7, 11) is -3.82. The van der Waals surface area contributed by atoms with E-state index < -0.39 is 15.3 Å². The van der Waals surface area contributed by atoms with Crippen LogP contribution in [0.1, 0.15) is 23.6 Å².